The first kappa shape index (κ1) is 22.9. The third-order valence-electron chi connectivity index (χ3n) is 4.95. The van der Waals surface area contributed by atoms with Gasteiger partial charge in [0.2, 0.25) is 11.8 Å². The van der Waals surface area contributed by atoms with Crippen LogP contribution in [-0.4, -0.2) is 58.9 Å². The number of nitrogens with one attached hydrogen (secondary N) is 1. The molecular weight excluding hydrogens is 352 g/mol. The zero-order valence-electron chi connectivity index (χ0n) is 16.2. The van der Waals surface area contributed by atoms with Crippen molar-refractivity contribution in [3.8, 4) is 0 Å². The van der Waals surface area contributed by atoms with E-state index in [0.717, 1.165) is 11.3 Å². The SMILES string of the molecule is CC(C)[C@]1(C=O)C(=O)CCC(=O)N1C(=O)[C@H](C)NC(=O)[C@@H](N)CCCCN. The van der Waals surface area contributed by atoms with Crippen molar-refractivity contribution in [3.63, 3.8) is 0 Å². The first-order valence-electron chi connectivity index (χ1n) is 9.26. The van der Waals surface area contributed by atoms with Gasteiger partial charge in [-0.25, -0.2) is 0 Å². The van der Waals surface area contributed by atoms with E-state index in [4.69, 9.17) is 11.5 Å². The molecule has 0 saturated carbocycles. The molecule has 0 bridgehead atoms. The lowest BCUT2D eigenvalue weighted by atomic mass is 9.77. The van der Waals surface area contributed by atoms with E-state index in [0.29, 0.717) is 25.7 Å². The summed E-state index contributed by atoms with van der Waals surface area (Å²) < 4.78 is 0. The number of unbranched alkanes of at least 4 members (excludes halogenated alkanes) is 1. The van der Waals surface area contributed by atoms with Crippen LogP contribution in [0.25, 0.3) is 0 Å². The van der Waals surface area contributed by atoms with E-state index in [9.17, 15) is 24.0 Å². The number of imide groups is 1. The fourth-order valence-electron chi connectivity index (χ4n) is 3.22. The molecule has 0 aromatic rings. The van der Waals surface area contributed by atoms with Crippen molar-refractivity contribution in [2.75, 3.05) is 6.54 Å². The van der Waals surface area contributed by atoms with E-state index in [1.54, 1.807) is 13.8 Å². The number of ketones is 1. The molecule has 0 aromatic heterocycles. The second-order valence-electron chi connectivity index (χ2n) is 7.21. The number of hydrogen-bond acceptors (Lipinski definition) is 7. The largest absolute Gasteiger partial charge is 0.343 e. The highest BCUT2D eigenvalue weighted by atomic mass is 16.2. The number of hydrogen-bond donors (Lipinski definition) is 3. The van der Waals surface area contributed by atoms with Crippen LogP contribution >= 0.6 is 0 Å². The molecule has 152 valence electrons. The quantitative estimate of drug-likeness (QED) is 0.270. The molecule has 5 N–H and O–H groups in total. The second-order valence-corrected chi connectivity index (χ2v) is 7.21. The van der Waals surface area contributed by atoms with Gasteiger partial charge in [0.15, 0.2) is 17.6 Å². The van der Waals surface area contributed by atoms with Gasteiger partial charge in [-0.15, -0.1) is 0 Å². The van der Waals surface area contributed by atoms with Gasteiger partial charge < -0.3 is 21.6 Å². The van der Waals surface area contributed by atoms with Crippen molar-refractivity contribution in [2.45, 2.75) is 70.5 Å². The van der Waals surface area contributed by atoms with Crippen LogP contribution in [0.2, 0.25) is 0 Å². The van der Waals surface area contributed by atoms with Crippen molar-refractivity contribution < 1.29 is 24.0 Å². The minimum atomic E-state index is -1.84. The lowest BCUT2D eigenvalue weighted by Crippen LogP contribution is -2.68. The molecule has 1 fully saturated rings. The first-order chi connectivity index (χ1) is 12.6. The number of amides is 3. The summed E-state index contributed by atoms with van der Waals surface area (Å²) >= 11 is 0. The van der Waals surface area contributed by atoms with Gasteiger partial charge in [-0.3, -0.25) is 24.1 Å². The van der Waals surface area contributed by atoms with Gasteiger partial charge in [0.25, 0.3) is 5.91 Å². The molecule has 27 heavy (non-hydrogen) atoms. The minimum Gasteiger partial charge on any atom is -0.343 e. The maximum absolute atomic E-state index is 12.9. The standard InChI is InChI=1S/C18H30N4O5/c1-11(2)18(10-23)14(24)7-8-15(25)22(18)17(27)12(3)21-16(26)13(20)6-4-5-9-19/h10-13H,4-9,19-20H2,1-3H3,(H,21,26)/t12-,13-,18+/m0/s1. The average Bonchev–Trinajstić information content (AvgIpc) is 2.62. The molecule has 3 amide bonds. The molecule has 9 nitrogen and oxygen atoms in total. The van der Waals surface area contributed by atoms with E-state index in [2.05, 4.69) is 5.32 Å². The Balaban J connectivity index is 2.96. The Bertz CT molecular complexity index is 607. The van der Waals surface area contributed by atoms with Gasteiger partial charge in [-0.05, 0) is 32.2 Å². The van der Waals surface area contributed by atoms with Crippen molar-refractivity contribution >= 4 is 29.8 Å². The number of rotatable bonds is 9. The summed E-state index contributed by atoms with van der Waals surface area (Å²) in [4.78, 5) is 62.4. The Morgan fingerprint density at radius 2 is 1.85 bits per heavy atom. The summed E-state index contributed by atoms with van der Waals surface area (Å²) in [6.07, 6.45) is 1.94. The number of aldehydes is 1. The summed E-state index contributed by atoms with van der Waals surface area (Å²) in [5.74, 6) is -3.00. The zero-order valence-corrected chi connectivity index (χ0v) is 16.2. The van der Waals surface area contributed by atoms with Crippen molar-refractivity contribution in [2.24, 2.45) is 17.4 Å². The Kier molecular flexibility index (Phi) is 8.23. The number of Topliss-reactive ketones (excluding diaryl/α,β-unsaturated/α-hetero) is 1. The summed E-state index contributed by atoms with van der Waals surface area (Å²) in [6, 6.07) is -1.92. The molecule has 0 spiro atoms. The highest BCUT2D eigenvalue weighted by molar-refractivity contribution is 6.16. The highest BCUT2D eigenvalue weighted by Crippen LogP contribution is 2.32. The van der Waals surface area contributed by atoms with Crippen LogP contribution in [0.4, 0.5) is 0 Å². The van der Waals surface area contributed by atoms with E-state index in [-0.39, 0.29) is 12.8 Å². The fraction of sp³-hybridized carbons (Fsp3) is 0.722. The lowest BCUT2D eigenvalue weighted by Gasteiger charge is -2.44. The minimum absolute atomic E-state index is 0.0910. The predicted octanol–water partition coefficient (Wildman–Crippen LogP) is -0.741. The summed E-state index contributed by atoms with van der Waals surface area (Å²) in [5.41, 5.74) is 9.37. The Morgan fingerprint density at radius 1 is 1.22 bits per heavy atom. The van der Waals surface area contributed by atoms with Crippen LogP contribution in [0, 0.1) is 5.92 Å². The van der Waals surface area contributed by atoms with E-state index in [1.807, 2.05) is 0 Å². The van der Waals surface area contributed by atoms with Crippen LogP contribution in [0.15, 0.2) is 0 Å². The van der Waals surface area contributed by atoms with Crippen molar-refractivity contribution in [1.29, 1.82) is 0 Å². The van der Waals surface area contributed by atoms with E-state index < -0.39 is 47.0 Å². The number of piperidine rings is 1. The molecule has 1 aliphatic heterocycles. The van der Waals surface area contributed by atoms with Gasteiger partial charge in [-0.1, -0.05) is 20.3 Å². The van der Waals surface area contributed by atoms with Crippen molar-refractivity contribution in [1.82, 2.24) is 10.2 Å². The van der Waals surface area contributed by atoms with E-state index in [1.165, 1.54) is 6.92 Å². The highest BCUT2D eigenvalue weighted by Gasteiger charge is 2.54. The topological polar surface area (TPSA) is 153 Å². The van der Waals surface area contributed by atoms with Crippen molar-refractivity contribution in [3.05, 3.63) is 0 Å². The molecule has 0 unspecified atom stereocenters. The summed E-state index contributed by atoms with van der Waals surface area (Å²) in [6.45, 7) is 5.09. The predicted molar refractivity (Wildman–Crippen MR) is 98.2 cm³/mol. The Labute approximate surface area is 159 Å². The summed E-state index contributed by atoms with van der Waals surface area (Å²) in [7, 11) is 0. The molecule has 1 aliphatic rings. The number of nitrogens with zero attached hydrogens (tertiary/aromatic N) is 1. The summed E-state index contributed by atoms with van der Waals surface area (Å²) in [5, 5.41) is 2.47. The first-order valence-corrected chi connectivity index (χ1v) is 9.26. The fourth-order valence-corrected chi connectivity index (χ4v) is 3.22. The van der Waals surface area contributed by atoms with Gasteiger partial charge in [0.1, 0.15) is 6.04 Å². The molecule has 0 radical (unpaired) electrons. The molecule has 1 saturated heterocycles. The van der Waals surface area contributed by atoms with Gasteiger partial charge >= 0.3 is 0 Å². The molecule has 1 heterocycles. The number of nitrogens with two attached hydrogens (primary N) is 2. The van der Waals surface area contributed by atoms with Crippen LogP contribution in [-0.2, 0) is 24.0 Å². The normalized spacial score (nSPS) is 22.5. The van der Waals surface area contributed by atoms with Crippen LogP contribution in [0.1, 0.15) is 52.9 Å². The number of carbonyl (C=O) groups excluding carboxylic acids is 5. The lowest BCUT2D eigenvalue weighted by molar-refractivity contribution is -0.168. The Morgan fingerprint density at radius 3 is 2.37 bits per heavy atom. The molecular formula is C18H30N4O5. The van der Waals surface area contributed by atoms with Gasteiger partial charge in [0, 0.05) is 12.8 Å². The van der Waals surface area contributed by atoms with Gasteiger partial charge in [-0.2, -0.15) is 0 Å². The maximum atomic E-state index is 12.9. The third-order valence-corrected chi connectivity index (χ3v) is 4.95. The van der Waals surface area contributed by atoms with Gasteiger partial charge in [0.05, 0.1) is 6.04 Å². The average molecular weight is 382 g/mol. The van der Waals surface area contributed by atoms with Crippen LogP contribution < -0.4 is 16.8 Å². The third kappa shape index (κ3) is 4.78. The zero-order chi connectivity index (χ0) is 20.8. The molecule has 0 aliphatic carbocycles. The number of carbonyl (C=O) groups is 5. The maximum Gasteiger partial charge on any atom is 0.252 e. The molecule has 0 aromatic carbocycles. The van der Waals surface area contributed by atoms with E-state index >= 15 is 0 Å². The molecule has 3 atom stereocenters. The molecule has 9 heteroatoms. The smallest absolute Gasteiger partial charge is 0.252 e. The molecule has 1 rings (SSSR count). The number of likely N-dealkylation sites (tertiary alicyclic amines) is 1. The second kappa shape index (κ2) is 9.70. The monoisotopic (exact) mass is 382 g/mol. The van der Waals surface area contributed by atoms with Crippen LogP contribution in [0.5, 0.6) is 0 Å². The Hall–Kier alpha value is -2.13. The van der Waals surface area contributed by atoms with Crippen LogP contribution in [0.3, 0.4) is 0 Å².